The molecule has 0 aliphatic carbocycles. The second kappa shape index (κ2) is 8.92. The lowest BCUT2D eigenvalue weighted by Crippen LogP contribution is -2.37. The summed E-state index contributed by atoms with van der Waals surface area (Å²) in [5, 5.41) is 2.58. The molecular weight excluding hydrogens is 377 g/mol. The molecule has 1 aromatic carbocycles. The molecule has 2 amide bonds. The van der Waals surface area contributed by atoms with E-state index in [1.807, 2.05) is 11.8 Å². The molecule has 0 bridgehead atoms. The molecule has 8 nitrogen and oxygen atoms in total. The van der Waals surface area contributed by atoms with E-state index < -0.39 is 18.0 Å². The summed E-state index contributed by atoms with van der Waals surface area (Å²) in [5.41, 5.74) is 7.97. The average Bonchev–Trinajstić information content (AvgIpc) is 3.12. The van der Waals surface area contributed by atoms with Crippen molar-refractivity contribution in [2.45, 2.75) is 25.9 Å². The van der Waals surface area contributed by atoms with Gasteiger partial charge in [-0.15, -0.1) is 0 Å². The Morgan fingerprint density at radius 3 is 2.76 bits per heavy atom. The van der Waals surface area contributed by atoms with Crippen LogP contribution in [0.25, 0.3) is 4.85 Å². The number of hydrogen-bond donors (Lipinski definition) is 2. The number of ether oxygens (including phenoxy) is 1. The first-order valence-electron chi connectivity index (χ1n) is 9.48. The van der Waals surface area contributed by atoms with Gasteiger partial charge < -0.3 is 20.7 Å². The zero-order valence-electron chi connectivity index (χ0n) is 16.3. The highest BCUT2D eigenvalue weighted by molar-refractivity contribution is 5.90. The summed E-state index contributed by atoms with van der Waals surface area (Å²) in [5.74, 6) is -0.745. The Labute approximate surface area is 168 Å². The van der Waals surface area contributed by atoms with Gasteiger partial charge >= 0.3 is 6.09 Å². The number of rotatable bonds is 5. The van der Waals surface area contributed by atoms with E-state index in [-0.39, 0.29) is 25.5 Å². The van der Waals surface area contributed by atoms with E-state index in [1.165, 1.54) is 11.0 Å². The summed E-state index contributed by atoms with van der Waals surface area (Å²) in [7, 11) is 0. The standard InChI is InChI=1S/C20H24FN5O3/c1-13(23-2)14-5-7-25(8-6-14)18-4-3-15(9-17(18)21)26-12-16(29-20(26)28)11-24-19(27)10-22/h3-4,9,16H,5-8,10-12,22H2,1H3,(H,24,27)/t16-/m0/s1. The van der Waals surface area contributed by atoms with Crippen LogP contribution in [0.15, 0.2) is 29.5 Å². The molecule has 0 saturated carbocycles. The predicted octanol–water partition coefficient (Wildman–Crippen LogP) is 2.02. The first-order valence-corrected chi connectivity index (χ1v) is 9.48. The minimum Gasteiger partial charge on any atom is -0.442 e. The van der Waals surface area contributed by atoms with Crippen molar-refractivity contribution in [3.05, 3.63) is 46.7 Å². The van der Waals surface area contributed by atoms with Crippen molar-refractivity contribution in [3.63, 3.8) is 0 Å². The third-order valence-corrected chi connectivity index (χ3v) is 5.22. The molecule has 2 fully saturated rings. The largest absolute Gasteiger partial charge is 0.442 e. The van der Waals surface area contributed by atoms with Crippen molar-refractivity contribution >= 4 is 23.4 Å². The predicted molar refractivity (Wildman–Crippen MR) is 107 cm³/mol. The van der Waals surface area contributed by atoms with Crippen LogP contribution in [0.5, 0.6) is 0 Å². The summed E-state index contributed by atoms with van der Waals surface area (Å²) >= 11 is 0. The first-order chi connectivity index (χ1) is 13.9. The number of piperidine rings is 1. The Hall–Kier alpha value is -3.12. The number of nitrogens with zero attached hydrogens (tertiary/aromatic N) is 3. The van der Waals surface area contributed by atoms with Crippen LogP contribution in [-0.4, -0.2) is 50.8 Å². The number of hydrogen-bond acceptors (Lipinski definition) is 5. The maximum Gasteiger partial charge on any atom is 0.414 e. The summed E-state index contributed by atoms with van der Waals surface area (Å²) in [6, 6.07) is 4.68. The Balaban J connectivity index is 1.65. The fourth-order valence-corrected chi connectivity index (χ4v) is 3.52. The second-order valence-corrected chi connectivity index (χ2v) is 7.05. The fraction of sp³-hybridized carbons (Fsp3) is 0.450. The van der Waals surface area contributed by atoms with Crippen molar-refractivity contribution in [1.82, 2.24) is 5.32 Å². The quantitative estimate of drug-likeness (QED) is 0.737. The lowest BCUT2D eigenvalue weighted by Gasteiger charge is -2.31. The number of halogens is 1. The molecule has 2 aliphatic heterocycles. The number of amides is 2. The SMILES string of the molecule is [C-]#[N+]C(C)=C1CCN(c2ccc(N3C[C@H](CNC(=O)CN)OC3=O)cc2F)CC1. The van der Waals surface area contributed by atoms with Crippen LogP contribution < -0.4 is 20.9 Å². The molecule has 0 unspecified atom stereocenters. The van der Waals surface area contributed by atoms with Gasteiger partial charge in [-0.2, -0.15) is 0 Å². The van der Waals surface area contributed by atoms with Gasteiger partial charge in [0.1, 0.15) is 11.9 Å². The minimum absolute atomic E-state index is 0.137. The number of nitrogens with two attached hydrogens (primary N) is 1. The molecule has 2 aliphatic rings. The molecule has 2 heterocycles. The third kappa shape index (κ3) is 4.66. The topological polar surface area (TPSA) is 92.3 Å². The van der Waals surface area contributed by atoms with Gasteiger partial charge in [-0.25, -0.2) is 14.0 Å². The molecule has 2 saturated heterocycles. The van der Waals surface area contributed by atoms with Gasteiger partial charge in [0.25, 0.3) is 0 Å². The van der Waals surface area contributed by atoms with Gasteiger partial charge in [-0.1, -0.05) is 5.57 Å². The van der Waals surface area contributed by atoms with Gasteiger partial charge in [0.05, 0.1) is 37.6 Å². The van der Waals surface area contributed by atoms with E-state index in [0.717, 1.165) is 24.1 Å². The molecule has 0 aromatic heterocycles. The molecule has 29 heavy (non-hydrogen) atoms. The van der Waals surface area contributed by atoms with Crippen molar-refractivity contribution in [2.75, 3.05) is 42.5 Å². The highest BCUT2D eigenvalue weighted by atomic mass is 19.1. The van der Waals surface area contributed by atoms with Crippen molar-refractivity contribution in [3.8, 4) is 0 Å². The molecule has 154 valence electrons. The maximum atomic E-state index is 14.8. The molecule has 1 atom stereocenters. The second-order valence-electron chi connectivity index (χ2n) is 7.05. The zero-order valence-corrected chi connectivity index (χ0v) is 16.3. The Kier molecular flexibility index (Phi) is 6.34. The number of benzene rings is 1. The molecule has 0 radical (unpaired) electrons. The van der Waals surface area contributed by atoms with Crippen LogP contribution >= 0.6 is 0 Å². The minimum atomic E-state index is -0.577. The molecule has 3 N–H and O–H groups in total. The highest BCUT2D eigenvalue weighted by Gasteiger charge is 2.33. The van der Waals surface area contributed by atoms with E-state index in [0.29, 0.717) is 24.5 Å². The average molecular weight is 401 g/mol. The van der Waals surface area contributed by atoms with Crippen LogP contribution in [0.2, 0.25) is 0 Å². The summed E-state index contributed by atoms with van der Waals surface area (Å²) in [6.07, 6.45) is 0.388. The van der Waals surface area contributed by atoms with Crippen LogP contribution in [0.1, 0.15) is 19.8 Å². The summed E-state index contributed by atoms with van der Waals surface area (Å²) in [4.78, 5) is 30.2. The Morgan fingerprint density at radius 2 is 2.14 bits per heavy atom. The zero-order chi connectivity index (χ0) is 21.0. The van der Waals surface area contributed by atoms with E-state index in [2.05, 4.69) is 10.2 Å². The molecule has 0 spiro atoms. The molecule has 1 aromatic rings. The lowest BCUT2D eigenvalue weighted by atomic mass is 10.0. The van der Waals surface area contributed by atoms with Gasteiger partial charge in [0.2, 0.25) is 5.91 Å². The highest BCUT2D eigenvalue weighted by Crippen LogP contribution is 2.31. The van der Waals surface area contributed by atoms with E-state index >= 15 is 0 Å². The van der Waals surface area contributed by atoms with E-state index in [4.69, 9.17) is 17.0 Å². The molecule has 9 heteroatoms. The van der Waals surface area contributed by atoms with Crippen LogP contribution in [0.4, 0.5) is 20.6 Å². The Morgan fingerprint density at radius 1 is 1.41 bits per heavy atom. The van der Waals surface area contributed by atoms with Crippen molar-refractivity contribution in [2.24, 2.45) is 5.73 Å². The number of nitrogens with one attached hydrogen (secondary N) is 1. The van der Waals surface area contributed by atoms with Gasteiger partial charge in [0, 0.05) is 13.1 Å². The molecule has 3 rings (SSSR count). The van der Waals surface area contributed by atoms with E-state index in [1.54, 1.807) is 12.1 Å². The number of allylic oxidation sites excluding steroid dienone is 1. The molecular formula is C20H24FN5O3. The van der Waals surface area contributed by atoms with Gasteiger partial charge in [-0.05, 0) is 38.0 Å². The number of anilines is 2. The van der Waals surface area contributed by atoms with Gasteiger partial charge in [-0.3, -0.25) is 9.69 Å². The van der Waals surface area contributed by atoms with Crippen LogP contribution in [0, 0.1) is 12.4 Å². The van der Waals surface area contributed by atoms with Crippen molar-refractivity contribution in [1.29, 1.82) is 0 Å². The normalized spacial score (nSPS) is 19.0. The third-order valence-electron chi connectivity index (χ3n) is 5.22. The van der Waals surface area contributed by atoms with Gasteiger partial charge in [0.15, 0.2) is 5.70 Å². The lowest BCUT2D eigenvalue weighted by molar-refractivity contribution is -0.120. The van der Waals surface area contributed by atoms with E-state index in [9.17, 15) is 14.0 Å². The number of cyclic esters (lactones) is 1. The maximum absolute atomic E-state index is 14.8. The number of carbonyl (C=O) groups excluding carboxylic acids is 2. The van der Waals surface area contributed by atoms with Crippen LogP contribution in [0.3, 0.4) is 0 Å². The summed E-state index contributed by atoms with van der Waals surface area (Å²) < 4.78 is 20.0. The van der Waals surface area contributed by atoms with Crippen LogP contribution in [-0.2, 0) is 9.53 Å². The summed E-state index contributed by atoms with van der Waals surface area (Å²) in [6.45, 7) is 10.5. The fourth-order valence-electron chi connectivity index (χ4n) is 3.52. The number of carbonyl (C=O) groups is 2. The smallest absolute Gasteiger partial charge is 0.414 e. The Bertz CT molecular complexity index is 869. The monoisotopic (exact) mass is 401 g/mol. The van der Waals surface area contributed by atoms with Crippen molar-refractivity contribution < 1.29 is 18.7 Å². The first kappa shape index (κ1) is 20.6.